The molecule has 1 aliphatic carbocycles. The fourth-order valence-corrected chi connectivity index (χ4v) is 3.09. The number of hydrogen-bond acceptors (Lipinski definition) is 3. The van der Waals surface area contributed by atoms with Crippen LogP contribution >= 0.6 is 0 Å². The molecule has 2 amide bonds. The van der Waals surface area contributed by atoms with Gasteiger partial charge in [-0.05, 0) is 25.7 Å². The molecular weight excluding hydrogens is 260 g/mol. The van der Waals surface area contributed by atoms with Crippen molar-refractivity contribution < 1.29 is 19.5 Å². The van der Waals surface area contributed by atoms with E-state index in [4.69, 9.17) is 5.11 Å². The topological polar surface area (TPSA) is 77.9 Å². The average Bonchev–Trinajstić information content (AvgIpc) is 2.46. The Morgan fingerprint density at radius 2 is 1.30 bits per heavy atom. The van der Waals surface area contributed by atoms with Crippen molar-refractivity contribution >= 4 is 17.8 Å². The Balaban J connectivity index is 1.81. The van der Waals surface area contributed by atoms with Crippen LogP contribution in [-0.4, -0.2) is 58.9 Å². The van der Waals surface area contributed by atoms with Crippen LogP contribution in [0.25, 0.3) is 0 Å². The quantitative estimate of drug-likeness (QED) is 0.803. The summed E-state index contributed by atoms with van der Waals surface area (Å²) >= 11 is 0. The number of carbonyl (C=O) groups excluding carboxylic acids is 2. The Labute approximate surface area is 118 Å². The molecule has 0 unspecified atom stereocenters. The molecule has 6 heteroatoms. The minimum Gasteiger partial charge on any atom is -0.481 e. The van der Waals surface area contributed by atoms with E-state index < -0.39 is 5.97 Å². The second kappa shape index (κ2) is 6.24. The molecule has 2 aliphatic rings. The minimum absolute atomic E-state index is 0.0329. The summed E-state index contributed by atoms with van der Waals surface area (Å²) in [4.78, 5) is 38.1. The van der Waals surface area contributed by atoms with Crippen molar-refractivity contribution in [1.29, 1.82) is 0 Å². The van der Waals surface area contributed by atoms with Gasteiger partial charge in [0.25, 0.3) is 0 Å². The molecule has 6 nitrogen and oxygen atoms in total. The molecule has 2 fully saturated rings. The number of nitrogens with zero attached hydrogens (tertiary/aromatic N) is 2. The third kappa shape index (κ3) is 3.29. The molecule has 1 N–H and O–H groups in total. The number of aliphatic carboxylic acids is 1. The highest BCUT2D eigenvalue weighted by Crippen LogP contribution is 2.30. The number of amides is 2. The first-order chi connectivity index (χ1) is 9.49. The lowest BCUT2D eigenvalue weighted by Crippen LogP contribution is -2.51. The van der Waals surface area contributed by atoms with Gasteiger partial charge in [0.05, 0.1) is 5.92 Å². The van der Waals surface area contributed by atoms with Crippen LogP contribution in [0.3, 0.4) is 0 Å². The van der Waals surface area contributed by atoms with Crippen molar-refractivity contribution in [3.05, 3.63) is 0 Å². The van der Waals surface area contributed by atoms with Gasteiger partial charge in [0, 0.05) is 39.0 Å². The predicted molar refractivity (Wildman–Crippen MR) is 71.9 cm³/mol. The second-order valence-electron chi connectivity index (χ2n) is 5.72. The highest BCUT2D eigenvalue weighted by atomic mass is 16.4. The molecule has 0 aromatic rings. The SMILES string of the molecule is CC(=O)N1CCN(C(=O)C2CCC(C(=O)O)CC2)CC1. The van der Waals surface area contributed by atoms with Gasteiger partial charge in [0.2, 0.25) is 11.8 Å². The van der Waals surface area contributed by atoms with E-state index in [-0.39, 0.29) is 23.7 Å². The number of hydrogen-bond donors (Lipinski definition) is 1. The normalized spacial score (nSPS) is 27.2. The molecule has 0 radical (unpaired) electrons. The monoisotopic (exact) mass is 282 g/mol. The van der Waals surface area contributed by atoms with Gasteiger partial charge in [-0.3, -0.25) is 14.4 Å². The first kappa shape index (κ1) is 14.8. The summed E-state index contributed by atoms with van der Waals surface area (Å²) in [5, 5.41) is 8.96. The van der Waals surface area contributed by atoms with Gasteiger partial charge < -0.3 is 14.9 Å². The molecule has 0 spiro atoms. The molecule has 112 valence electrons. The molecule has 1 saturated carbocycles. The number of piperazine rings is 1. The molecule has 1 aliphatic heterocycles. The van der Waals surface area contributed by atoms with Crippen LogP contribution in [0.5, 0.6) is 0 Å². The summed E-state index contributed by atoms with van der Waals surface area (Å²) in [7, 11) is 0. The maximum atomic E-state index is 12.4. The summed E-state index contributed by atoms with van der Waals surface area (Å²) in [6, 6.07) is 0. The van der Waals surface area contributed by atoms with Gasteiger partial charge in [-0.2, -0.15) is 0 Å². The van der Waals surface area contributed by atoms with Gasteiger partial charge in [0.1, 0.15) is 0 Å². The van der Waals surface area contributed by atoms with E-state index in [2.05, 4.69) is 0 Å². The van der Waals surface area contributed by atoms with Crippen molar-refractivity contribution in [2.75, 3.05) is 26.2 Å². The molecule has 0 aromatic heterocycles. The molecule has 0 aromatic carbocycles. The van der Waals surface area contributed by atoms with E-state index in [0.29, 0.717) is 51.9 Å². The number of rotatable bonds is 2. The first-order valence-corrected chi connectivity index (χ1v) is 7.26. The van der Waals surface area contributed by atoms with Gasteiger partial charge in [0.15, 0.2) is 0 Å². The maximum Gasteiger partial charge on any atom is 0.306 e. The summed E-state index contributed by atoms with van der Waals surface area (Å²) in [5.74, 6) is -0.870. The molecule has 0 atom stereocenters. The van der Waals surface area contributed by atoms with Crippen LogP contribution in [-0.2, 0) is 14.4 Å². The Morgan fingerprint density at radius 3 is 1.75 bits per heavy atom. The van der Waals surface area contributed by atoms with Gasteiger partial charge in [-0.15, -0.1) is 0 Å². The van der Waals surface area contributed by atoms with E-state index in [9.17, 15) is 14.4 Å². The number of carboxylic acid groups (broad SMARTS) is 1. The van der Waals surface area contributed by atoms with Crippen LogP contribution in [0.4, 0.5) is 0 Å². The van der Waals surface area contributed by atoms with Gasteiger partial charge in [-0.25, -0.2) is 0 Å². The fraction of sp³-hybridized carbons (Fsp3) is 0.786. The number of carboxylic acids is 1. The second-order valence-corrected chi connectivity index (χ2v) is 5.72. The molecule has 2 rings (SSSR count). The first-order valence-electron chi connectivity index (χ1n) is 7.26. The summed E-state index contributed by atoms with van der Waals surface area (Å²) in [5.41, 5.74) is 0. The van der Waals surface area contributed by atoms with Crippen molar-refractivity contribution in [3.63, 3.8) is 0 Å². The van der Waals surface area contributed by atoms with E-state index >= 15 is 0 Å². The Bertz CT molecular complexity index is 358. The zero-order valence-corrected chi connectivity index (χ0v) is 11.9. The summed E-state index contributed by atoms with van der Waals surface area (Å²) in [6.45, 7) is 3.94. The average molecular weight is 282 g/mol. The smallest absolute Gasteiger partial charge is 0.306 e. The van der Waals surface area contributed by atoms with Crippen LogP contribution in [0.2, 0.25) is 0 Å². The lowest BCUT2D eigenvalue weighted by atomic mass is 9.81. The van der Waals surface area contributed by atoms with E-state index in [1.54, 1.807) is 11.8 Å². The van der Waals surface area contributed by atoms with Crippen molar-refractivity contribution in [1.82, 2.24) is 9.80 Å². The van der Waals surface area contributed by atoms with Crippen molar-refractivity contribution in [3.8, 4) is 0 Å². The lowest BCUT2D eigenvalue weighted by Gasteiger charge is -2.37. The zero-order valence-electron chi connectivity index (χ0n) is 11.9. The third-order valence-corrected chi connectivity index (χ3v) is 4.46. The lowest BCUT2D eigenvalue weighted by molar-refractivity contribution is -0.146. The molecular formula is C14H22N2O4. The van der Waals surface area contributed by atoms with Crippen LogP contribution in [0, 0.1) is 11.8 Å². The molecule has 1 saturated heterocycles. The molecule has 20 heavy (non-hydrogen) atoms. The Morgan fingerprint density at radius 1 is 0.850 bits per heavy atom. The van der Waals surface area contributed by atoms with Gasteiger partial charge >= 0.3 is 5.97 Å². The highest BCUT2D eigenvalue weighted by molar-refractivity contribution is 5.80. The van der Waals surface area contributed by atoms with Crippen LogP contribution in [0.15, 0.2) is 0 Å². The highest BCUT2D eigenvalue weighted by Gasteiger charge is 2.33. The van der Waals surface area contributed by atoms with Crippen molar-refractivity contribution in [2.45, 2.75) is 32.6 Å². The zero-order chi connectivity index (χ0) is 14.7. The van der Waals surface area contributed by atoms with Crippen molar-refractivity contribution in [2.24, 2.45) is 11.8 Å². The van der Waals surface area contributed by atoms with E-state index in [1.807, 2.05) is 4.90 Å². The van der Waals surface area contributed by atoms with Crippen LogP contribution in [0.1, 0.15) is 32.6 Å². The maximum absolute atomic E-state index is 12.4. The Kier molecular flexibility index (Phi) is 4.62. The van der Waals surface area contributed by atoms with E-state index in [1.165, 1.54) is 0 Å². The van der Waals surface area contributed by atoms with Gasteiger partial charge in [-0.1, -0.05) is 0 Å². The fourth-order valence-electron chi connectivity index (χ4n) is 3.09. The molecule has 0 bridgehead atoms. The summed E-state index contributed by atoms with van der Waals surface area (Å²) < 4.78 is 0. The van der Waals surface area contributed by atoms with E-state index in [0.717, 1.165) is 0 Å². The third-order valence-electron chi connectivity index (χ3n) is 4.46. The molecule has 1 heterocycles. The standard InChI is InChI=1S/C14H22N2O4/c1-10(17)15-6-8-16(9-7-15)13(18)11-2-4-12(5-3-11)14(19)20/h11-12H,2-9H2,1H3,(H,19,20). The largest absolute Gasteiger partial charge is 0.481 e. The van der Waals surface area contributed by atoms with Crippen LogP contribution < -0.4 is 0 Å². The predicted octanol–water partition coefficient (Wildman–Crippen LogP) is 0.568. The Hall–Kier alpha value is -1.59. The number of carbonyl (C=O) groups is 3. The minimum atomic E-state index is -0.744. The summed E-state index contributed by atoms with van der Waals surface area (Å²) in [6.07, 6.45) is 2.53.